The van der Waals surface area contributed by atoms with Crippen LogP contribution in [0.4, 0.5) is 8.78 Å². The Bertz CT molecular complexity index is 2120. The number of carbonyl (C=O) groups excluding carboxylic acids is 4. The van der Waals surface area contributed by atoms with Crippen molar-refractivity contribution in [2.45, 2.75) is 137 Å². The van der Waals surface area contributed by atoms with Gasteiger partial charge in [0, 0.05) is 6.42 Å². The van der Waals surface area contributed by atoms with Gasteiger partial charge in [0.15, 0.2) is 21.3 Å². The number of cyclic esters (lactones) is 1. The molecule has 7 atom stereocenters. The summed E-state index contributed by atoms with van der Waals surface area (Å²) in [7, 11) is -5.87. The van der Waals surface area contributed by atoms with Crippen LogP contribution in [0.5, 0.6) is 0 Å². The van der Waals surface area contributed by atoms with Crippen LogP contribution in [0.25, 0.3) is 0 Å². The van der Waals surface area contributed by atoms with Crippen LogP contribution in [-0.2, 0) is 59.1 Å². The predicted octanol–water partition coefficient (Wildman–Crippen LogP) is 10.0. The molecule has 4 fully saturated rings. The first-order valence-electron chi connectivity index (χ1n) is 22.6. The van der Waals surface area contributed by atoms with Crippen molar-refractivity contribution < 1.29 is 59.9 Å². The lowest BCUT2D eigenvalue weighted by molar-refractivity contribution is -0.176. The van der Waals surface area contributed by atoms with E-state index in [1.54, 1.807) is 0 Å². The predicted molar refractivity (Wildman–Crippen MR) is 240 cm³/mol. The second kappa shape index (κ2) is 20.7. The van der Waals surface area contributed by atoms with Crippen LogP contribution in [0.2, 0.25) is 0 Å². The van der Waals surface area contributed by atoms with E-state index >= 15 is 0 Å². The average molecular weight is 942 g/mol. The van der Waals surface area contributed by atoms with Gasteiger partial charge in [0.1, 0.15) is 5.60 Å². The summed E-state index contributed by atoms with van der Waals surface area (Å²) in [5, 5.41) is -4.74. The van der Waals surface area contributed by atoms with Crippen molar-refractivity contribution in [1.82, 2.24) is 0 Å². The summed E-state index contributed by atoms with van der Waals surface area (Å²) < 4.78 is 79.9. The van der Waals surface area contributed by atoms with Gasteiger partial charge in [-0.05, 0) is 152 Å². The molecule has 0 aromatic heterocycles. The van der Waals surface area contributed by atoms with E-state index < -0.39 is 74.3 Å². The average Bonchev–Trinajstić information content (AvgIpc) is 4.08. The van der Waals surface area contributed by atoms with E-state index in [-0.39, 0.29) is 42.7 Å². The molecule has 2 bridgehead atoms. The summed E-state index contributed by atoms with van der Waals surface area (Å²) in [6.07, 6.45) is 5.51. The minimum absolute atomic E-state index is 0.0146. The largest absolute Gasteiger partial charge is 0.463 e. The van der Waals surface area contributed by atoms with Crippen LogP contribution < -0.4 is 0 Å². The molecular weight excluding hydrogens is 879 g/mol. The van der Waals surface area contributed by atoms with Crippen LogP contribution in [0.3, 0.4) is 0 Å². The SMILES string of the molecule is CC1C2CCC(C2)C1CC(CC(C)(CC(C)(C)C(=O)OCC(F)(F)S(=O)(=O)O)C(=O)OC1CCOC1=O)C(=O)OC1(C)CCCC1.c1ccc([S+](c2ccccc2)c2ccccc2)cc1. The molecule has 3 aromatic rings. The third-order valence-electron chi connectivity index (χ3n) is 13.8. The zero-order chi connectivity index (χ0) is 47.2. The fourth-order valence-electron chi connectivity index (χ4n) is 10.4. The van der Waals surface area contributed by atoms with Crippen LogP contribution in [0.15, 0.2) is 106 Å². The number of fused-ring (bicyclic) bond motifs is 2. The van der Waals surface area contributed by atoms with E-state index in [9.17, 15) is 36.4 Å². The quantitative estimate of drug-likeness (QED) is 0.0594. The molecule has 11 nitrogen and oxygen atoms in total. The number of rotatable bonds is 17. The molecule has 3 aliphatic carbocycles. The number of hydrogen-bond acceptors (Lipinski definition) is 10. The molecule has 1 saturated heterocycles. The van der Waals surface area contributed by atoms with Crippen LogP contribution >= 0.6 is 0 Å². The Kier molecular flexibility index (Phi) is 15.9. The van der Waals surface area contributed by atoms with Gasteiger partial charge in [-0.2, -0.15) is 17.2 Å². The van der Waals surface area contributed by atoms with E-state index in [2.05, 4.69) is 103 Å². The number of hydrogen-bond donors (Lipinski definition) is 1. The van der Waals surface area contributed by atoms with E-state index in [0.29, 0.717) is 37.0 Å². The first kappa shape index (κ1) is 50.1. The van der Waals surface area contributed by atoms with Crippen molar-refractivity contribution in [2.24, 2.45) is 40.4 Å². The van der Waals surface area contributed by atoms with Gasteiger partial charge in [0.2, 0.25) is 6.10 Å². The number of benzene rings is 3. The third kappa shape index (κ3) is 12.4. The molecule has 354 valence electrons. The van der Waals surface area contributed by atoms with Gasteiger partial charge in [-0.25, -0.2) is 4.79 Å². The summed E-state index contributed by atoms with van der Waals surface area (Å²) in [5.41, 5.74) is -3.93. The van der Waals surface area contributed by atoms with Gasteiger partial charge in [0.05, 0.1) is 34.2 Å². The molecule has 0 spiro atoms. The maximum absolute atomic E-state index is 14.0. The highest BCUT2D eigenvalue weighted by atomic mass is 32.2. The van der Waals surface area contributed by atoms with Crippen molar-refractivity contribution >= 4 is 44.9 Å². The zero-order valence-corrected chi connectivity index (χ0v) is 39.6. The Balaban J connectivity index is 0.000000304. The number of esters is 4. The summed E-state index contributed by atoms with van der Waals surface area (Å²) in [6.45, 7) is 6.38. The molecule has 1 aliphatic heterocycles. The van der Waals surface area contributed by atoms with Crippen LogP contribution in [0, 0.1) is 40.4 Å². The Morgan fingerprint density at radius 1 is 0.846 bits per heavy atom. The molecule has 3 aromatic carbocycles. The van der Waals surface area contributed by atoms with E-state index in [4.69, 9.17) is 18.8 Å². The summed E-state index contributed by atoms with van der Waals surface area (Å²) in [5.74, 6) is -2.46. The molecule has 3 saturated carbocycles. The fraction of sp³-hybridized carbons (Fsp3) is 0.560. The van der Waals surface area contributed by atoms with Crippen molar-refractivity contribution in [2.75, 3.05) is 13.2 Å². The summed E-state index contributed by atoms with van der Waals surface area (Å²) in [4.78, 5) is 57.3. The van der Waals surface area contributed by atoms with Crippen molar-refractivity contribution in [3.63, 3.8) is 0 Å². The molecule has 15 heteroatoms. The highest BCUT2D eigenvalue weighted by Gasteiger charge is 2.53. The van der Waals surface area contributed by atoms with Crippen LogP contribution in [0.1, 0.15) is 105 Å². The number of ether oxygens (including phenoxy) is 4. The Morgan fingerprint density at radius 2 is 1.37 bits per heavy atom. The standard InChI is InChI=1S/C32H48F2O11S.C18H15S/c1-19-20-8-9-21(14-20)23(19)15-22(25(35)45-31(5)11-6-7-12-31)16-30(4,28(38)44-24-10-13-42-26(24)36)17-29(2,3)27(37)43-18-32(33,34)46(39,40)41;1-4-10-16(11-5-1)19(17-12-6-2-7-13-17)18-14-8-3-9-15-18/h19-24H,6-18H2,1-5H3,(H,39,40,41);1-15H/q;+1. The Hall–Kier alpha value is -4.34. The van der Waals surface area contributed by atoms with Gasteiger partial charge in [-0.15, -0.1) is 0 Å². The monoisotopic (exact) mass is 941 g/mol. The number of carbonyl (C=O) groups is 4. The van der Waals surface area contributed by atoms with Crippen molar-refractivity contribution in [3.8, 4) is 0 Å². The first-order chi connectivity index (χ1) is 30.6. The Labute approximate surface area is 384 Å². The molecule has 7 rings (SSSR count). The third-order valence-corrected chi connectivity index (χ3v) is 16.9. The van der Waals surface area contributed by atoms with Gasteiger partial charge < -0.3 is 18.9 Å². The van der Waals surface area contributed by atoms with Crippen molar-refractivity contribution in [3.05, 3.63) is 91.0 Å². The smallest absolute Gasteiger partial charge is 0.402 e. The first-order valence-corrected chi connectivity index (χ1v) is 25.3. The fourth-order valence-corrected chi connectivity index (χ4v) is 12.7. The molecule has 1 heterocycles. The lowest BCUT2D eigenvalue weighted by atomic mass is 9.67. The number of alkyl halides is 2. The van der Waals surface area contributed by atoms with E-state index in [1.807, 2.05) is 6.92 Å². The molecule has 65 heavy (non-hydrogen) atoms. The highest BCUT2D eigenvalue weighted by molar-refractivity contribution is 7.97. The minimum atomic E-state index is -5.85. The molecule has 1 N–H and O–H groups in total. The second-order valence-corrected chi connectivity index (χ2v) is 23.1. The number of halogens is 2. The zero-order valence-electron chi connectivity index (χ0n) is 37.9. The highest BCUT2D eigenvalue weighted by Crippen LogP contribution is 2.55. The van der Waals surface area contributed by atoms with Gasteiger partial charge in [0.25, 0.3) is 0 Å². The van der Waals surface area contributed by atoms with Gasteiger partial charge in [-0.1, -0.05) is 61.5 Å². The molecule has 4 aliphatic rings. The second-order valence-electron chi connectivity index (χ2n) is 19.5. The minimum Gasteiger partial charge on any atom is -0.463 e. The summed E-state index contributed by atoms with van der Waals surface area (Å²) in [6, 6.07) is 32.2. The van der Waals surface area contributed by atoms with Gasteiger partial charge in [-0.3, -0.25) is 18.9 Å². The normalized spacial score (nSPS) is 24.0. The molecule has 0 amide bonds. The van der Waals surface area contributed by atoms with E-state index in [0.717, 1.165) is 32.1 Å². The lowest BCUT2D eigenvalue weighted by Gasteiger charge is -2.39. The maximum Gasteiger partial charge on any atom is 0.402 e. The lowest BCUT2D eigenvalue weighted by Crippen LogP contribution is -2.44. The molecule has 0 radical (unpaired) electrons. The molecular formula is C50H63F2O11S2+. The maximum atomic E-state index is 14.0. The van der Waals surface area contributed by atoms with Gasteiger partial charge >= 0.3 is 39.2 Å². The van der Waals surface area contributed by atoms with Crippen LogP contribution in [-0.4, -0.2) is 67.0 Å². The summed E-state index contributed by atoms with van der Waals surface area (Å²) >= 11 is 0. The van der Waals surface area contributed by atoms with E-state index in [1.165, 1.54) is 35.5 Å². The molecule has 7 unspecified atom stereocenters. The Morgan fingerprint density at radius 3 is 1.83 bits per heavy atom. The van der Waals surface area contributed by atoms with Crippen molar-refractivity contribution in [1.29, 1.82) is 0 Å². The topological polar surface area (TPSA) is 160 Å².